The van der Waals surface area contributed by atoms with Crippen molar-refractivity contribution in [1.29, 1.82) is 0 Å². The van der Waals surface area contributed by atoms with Crippen molar-refractivity contribution < 1.29 is 9.59 Å². The molecule has 0 saturated carbocycles. The Hall–Kier alpha value is -2.67. The Morgan fingerprint density at radius 2 is 1.86 bits per heavy atom. The molecule has 1 aromatic heterocycles. The highest BCUT2D eigenvalue weighted by atomic mass is 16.2. The molecule has 0 atom stereocenters. The summed E-state index contributed by atoms with van der Waals surface area (Å²) in [7, 11) is 4.02. The molecular formula is C22H31N5O2. The van der Waals surface area contributed by atoms with E-state index >= 15 is 0 Å². The molecule has 0 spiro atoms. The van der Waals surface area contributed by atoms with Crippen LogP contribution >= 0.6 is 0 Å². The van der Waals surface area contributed by atoms with Gasteiger partial charge in [-0.25, -0.2) is 4.98 Å². The van der Waals surface area contributed by atoms with Gasteiger partial charge in [0.1, 0.15) is 5.69 Å². The third-order valence-corrected chi connectivity index (χ3v) is 5.32. The number of fused-ring (bicyclic) bond motifs is 1. The zero-order valence-electron chi connectivity index (χ0n) is 17.8. The molecule has 2 N–H and O–H groups in total. The Kier molecular flexibility index (Phi) is 6.69. The Balaban J connectivity index is 1.81. The maximum absolute atomic E-state index is 13.0. The smallest absolute Gasteiger partial charge is 0.291 e. The van der Waals surface area contributed by atoms with Crippen molar-refractivity contribution >= 4 is 17.5 Å². The molecule has 2 amide bonds. The Bertz CT molecular complexity index is 881. The molecular weight excluding hydrogens is 366 g/mol. The van der Waals surface area contributed by atoms with Crippen LogP contribution in [-0.4, -0.2) is 53.5 Å². The molecule has 156 valence electrons. The zero-order valence-corrected chi connectivity index (χ0v) is 17.8. The predicted octanol–water partition coefficient (Wildman–Crippen LogP) is 2.77. The summed E-state index contributed by atoms with van der Waals surface area (Å²) in [6, 6.07) is 5.91. The summed E-state index contributed by atoms with van der Waals surface area (Å²) in [6.45, 7) is 6.15. The number of aromatic nitrogens is 2. The van der Waals surface area contributed by atoms with Gasteiger partial charge in [-0.1, -0.05) is 18.2 Å². The fraction of sp³-hybridized carbons (Fsp3) is 0.500. The van der Waals surface area contributed by atoms with E-state index in [2.05, 4.69) is 20.5 Å². The van der Waals surface area contributed by atoms with Crippen LogP contribution in [0.4, 0.5) is 5.69 Å². The highest BCUT2D eigenvalue weighted by molar-refractivity contribution is 6.04. The first-order valence-corrected chi connectivity index (χ1v) is 10.3. The lowest BCUT2D eigenvalue weighted by Gasteiger charge is -2.17. The number of imidazole rings is 1. The van der Waals surface area contributed by atoms with Gasteiger partial charge in [0.15, 0.2) is 5.82 Å². The minimum absolute atomic E-state index is 0.194. The average molecular weight is 398 g/mol. The lowest BCUT2D eigenvalue weighted by molar-refractivity contribution is 0.0946. The van der Waals surface area contributed by atoms with Gasteiger partial charge >= 0.3 is 0 Å². The van der Waals surface area contributed by atoms with Gasteiger partial charge in [-0.2, -0.15) is 0 Å². The van der Waals surface area contributed by atoms with Crippen molar-refractivity contribution in [2.24, 2.45) is 0 Å². The largest absolute Gasteiger partial charge is 0.351 e. The molecule has 0 radical (unpaired) electrons. The number of benzene rings is 1. The van der Waals surface area contributed by atoms with Crippen LogP contribution < -0.4 is 10.6 Å². The van der Waals surface area contributed by atoms with E-state index in [0.717, 1.165) is 54.7 Å². The lowest BCUT2D eigenvalue weighted by atomic mass is 10.1. The van der Waals surface area contributed by atoms with Crippen LogP contribution in [0.2, 0.25) is 0 Å². The number of rotatable bonds is 7. The summed E-state index contributed by atoms with van der Waals surface area (Å²) in [5.41, 5.74) is 4.07. The number of nitrogens with one attached hydrogen (secondary N) is 2. The number of hydrogen-bond donors (Lipinski definition) is 2. The second-order valence-corrected chi connectivity index (χ2v) is 7.97. The number of nitrogens with zero attached hydrogens (tertiary/aromatic N) is 3. The first kappa shape index (κ1) is 21.0. The molecule has 1 aromatic carbocycles. The van der Waals surface area contributed by atoms with Gasteiger partial charge in [-0.15, -0.1) is 0 Å². The predicted molar refractivity (Wildman–Crippen MR) is 115 cm³/mol. The fourth-order valence-electron chi connectivity index (χ4n) is 3.76. The number of carbonyl (C=O) groups is 2. The Morgan fingerprint density at radius 3 is 2.55 bits per heavy atom. The normalized spacial score (nSPS) is 13.3. The first-order valence-electron chi connectivity index (χ1n) is 10.3. The van der Waals surface area contributed by atoms with E-state index in [0.29, 0.717) is 24.6 Å². The van der Waals surface area contributed by atoms with E-state index in [1.165, 1.54) is 0 Å². The molecule has 0 saturated heterocycles. The van der Waals surface area contributed by atoms with Gasteiger partial charge in [0, 0.05) is 18.8 Å². The van der Waals surface area contributed by atoms with E-state index in [9.17, 15) is 9.59 Å². The number of amides is 2. The number of hydrogen-bond acceptors (Lipinski definition) is 4. The van der Waals surface area contributed by atoms with Gasteiger partial charge in [0.25, 0.3) is 11.8 Å². The van der Waals surface area contributed by atoms with Crippen LogP contribution in [0, 0.1) is 13.8 Å². The molecule has 7 heteroatoms. The van der Waals surface area contributed by atoms with Crippen molar-refractivity contribution in [1.82, 2.24) is 19.8 Å². The average Bonchev–Trinajstić information content (AvgIpc) is 3.08. The van der Waals surface area contributed by atoms with Gasteiger partial charge < -0.3 is 20.1 Å². The van der Waals surface area contributed by atoms with E-state index in [1.807, 2.05) is 50.7 Å². The molecule has 1 aliphatic heterocycles. The summed E-state index contributed by atoms with van der Waals surface area (Å²) in [6.07, 6.45) is 3.63. The lowest BCUT2D eigenvalue weighted by Crippen LogP contribution is -2.28. The molecule has 0 unspecified atom stereocenters. The molecule has 2 heterocycles. The highest BCUT2D eigenvalue weighted by Gasteiger charge is 2.27. The third-order valence-electron chi connectivity index (χ3n) is 5.32. The molecule has 29 heavy (non-hydrogen) atoms. The zero-order chi connectivity index (χ0) is 21.0. The summed E-state index contributed by atoms with van der Waals surface area (Å²) in [5, 5.41) is 5.95. The van der Waals surface area contributed by atoms with Crippen molar-refractivity contribution in [2.45, 2.75) is 46.1 Å². The summed E-state index contributed by atoms with van der Waals surface area (Å²) >= 11 is 0. The molecule has 2 aromatic rings. The minimum atomic E-state index is -0.266. The maximum atomic E-state index is 13.0. The number of carbonyl (C=O) groups excluding carboxylic acids is 2. The van der Waals surface area contributed by atoms with E-state index in [1.54, 1.807) is 0 Å². The summed E-state index contributed by atoms with van der Waals surface area (Å²) < 4.78 is 1.92. The standard InChI is InChI=1S/C22H31N5O2/c1-15-9-7-10-16(2)18(15)25-22(29)20-24-19(17-11-5-6-14-27(17)20)21(28)23-12-8-13-26(3)4/h7,9-10H,5-6,8,11-14H2,1-4H3,(H,23,28)(H,25,29). The molecule has 7 nitrogen and oxygen atoms in total. The van der Waals surface area contributed by atoms with Gasteiger partial charge in [-0.05, 0) is 71.3 Å². The second-order valence-electron chi connectivity index (χ2n) is 7.97. The molecule has 0 aliphatic carbocycles. The molecule has 0 bridgehead atoms. The number of aryl methyl sites for hydroxylation is 2. The minimum Gasteiger partial charge on any atom is -0.351 e. The van der Waals surface area contributed by atoms with Crippen molar-refractivity contribution in [2.75, 3.05) is 32.5 Å². The van der Waals surface area contributed by atoms with Crippen LogP contribution in [-0.2, 0) is 13.0 Å². The Labute approximate surface area is 172 Å². The van der Waals surface area contributed by atoms with Gasteiger partial charge in [0.05, 0.1) is 5.69 Å². The summed E-state index contributed by atoms with van der Waals surface area (Å²) in [4.78, 5) is 32.3. The van der Waals surface area contributed by atoms with Crippen molar-refractivity contribution in [3.8, 4) is 0 Å². The monoisotopic (exact) mass is 397 g/mol. The molecule has 3 rings (SSSR count). The quantitative estimate of drug-likeness (QED) is 0.704. The maximum Gasteiger partial charge on any atom is 0.291 e. The highest BCUT2D eigenvalue weighted by Crippen LogP contribution is 2.24. The van der Waals surface area contributed by atoms with E-state index < -0.39 is 0 Å². The van der Waals surface area contributed by atoms with Crippen LogP contribution in [0.15, 0.2) is 18.2 Å². The van der Waals surface area contributed by atoms with Gasteiger partial charge in [-0.3, -0.25) is 9.59 Å². The van der Waals surface area contributed by atoms with Crippen molar-refractivity contribution in [3.05, 3.63) is 46.5 Å². The van der Waals surface area contributed by atoms with Gasteiger partial charge in [0.2, 0.25) is 0 Å². The van der Waals surface area contributed by atoms with Crippen molar-refractivity contribution in [3.63, 3.8) is 0 Å². The second kappa shape index (κ2) is 9.22. The Morgan fingerprint density at radius 1 is 1.14 bits per heavy atom. The van der Waals surface area contributed by atoms with Crippen LogP contribution in [0.3, 0.4) is 0 Å². The van der Waals surface area contributed by atoms with E-state index in [-0.39, 0.29) is 11.8 Å². The third kappa shape index (κ3) is 4.85. The fourth-order valence-corrected chi connectivity index (χ4v) is 3.76. The molecule has 1 aliphatic rings. The molecule has 0 fully saturated rings. The summed E-state index contributed by atoms with van der Waals surface area (Å²) in [5.74, 6) is -0.140. The number of anilines is 1. The topological polar surface area (TPSA) is 79.3 Å². The van der Waals surface area contributed by atoms with E-state index in [4.69, 9.17) is 0 Å². The van der Waals surface area contributed by atoms with Crippen LogP contribution in [0.5, 0.6) is 0 Å². The first-order chi connectivity index (χ1) is 13.9. The van der Waals surface area contributed by atoms with Crippen LogP contribution in [0.1, 0.15) is 57.2 Å². The number of para-hydroxylation sites is 1. The SMILES string of the molecule is Cc1cccc(C)c1NC(=O)c1nc(C(=O)NCCCN(C)C)c2n1CCCC2. The van der Waals surface area contributed by atoms with Crippen LogP contribution in [0.25, 0.3) is 0 Å².